The third-order valence-corrected chi connectivity index (χ3v) is 4.13. The first-order valence-corrected chi connectivity index (χ1v) is 8.08. The average molecular weight is 329 g/mol. The van der Waals surface area contributed by atoms with Gasteiger partial charge in [0.1, 0.15) is 11.6 Å². The Bertz CT molecular complexity index is 683. The first-order chi connectivity index (χ1) is 11.6. The standard InChI is InChI=1S/C17H20FN5O/c1-11(14-5-4-13(18)10-20-14)7-23-17(24)12-8-21-16(22-9-12)15-3-2-6-19-15/h4-5,8-11,15,19H,2-3,6-7H2,1H3,(H,23,24). The summed E-state index contributed by atoms with van der Waals surface area (Å²) in [4.78, 5) is 24.8. The van der Waals surface area contributed by atoms with Gasteiger partial charge in [0.05, 0.1) is 17.8 Å². The highest BCUT2D eigenvalue weighted by molar-refractivity contribution is 5.93. The molecule has 2 unspecified atom stereocenters. The lowest BCUT2D eigenvalue weighted by Gasteiger charge is -2.12. The molecule has 7 heteroatoms. The van der Waals surface area contributed by atoms with Gasteiger partial charge in [0.25, 0.3) is 5.91 Å². The van der Waals surface area contributed by atoms with Crippen molar-refractivity contribution in [2.75, 3.05) is 13.1 Å². The minimum atomic E-state index is -0.371. The van der Waals surface area contributed by atoms with Crippen molar-refractivity contribution < 1.29 is 9.18 Å². The Balaban J connectivity index is 1.55. The van der Waals surface area contributed by atoms with Crippen LogP contribution in [0.15, 0.2) is 30.7 Å². The lowest BCUT2D eigenvalue weighted by Crippen LogP contribution is -2.28. The molecular formula is C17H20FN5O. The van der Waals surface area contributed by atoms with Gasteiger partial charge in [0.2, 0.25) is 0 Å². The summed E-state index contributed by atoms with van der Waals surface area (Å²) in [6.45, 7) is 3.31. The summed E-state index contributed by atoms with van der Waals surface area (Å²) >= 11 is 0. The van der Waals surface area contributed by atoms with Crippen LogP contribution in [0.5, 0.6) is 0 Å². The van der Waals surface area contributed by atoms with Crippen molar-refractivity contribution in [3.63, 3.8) is 0 Å². The monoisotopic (exact) mass is 329 g/mol. The van der Waals surface area contributed by atoms with E-state index in [0.717, 1.165) is 30.9 Å². The second-order valence-electron chi connectivity index (χ2n) is 5.99. The van der Waals surface area contributed by atoms with E-state index in [4.69, 9.17) is 0 Å². The second kappa shape index (κ2) is 7.44. The fourth-order valence-corrected chi connectivity index (χ4v) is 2.67. The van der Waals surface area contributed by atoms with E-state index in [2.05, 4.69) is 25.6 Å². The van der Waals surface area contributed by atoms with Gasteiger partial charge in [-0.2, -0.15) is 0 Å². The Labute approximate surface area is 139 Å². The van der Waals surface area contributed by atoms with Crippen molar-refractivity contribution in [2.45, 2.75) is 31.7 Å². The second-order valence-corrected chi connectivity index (χ2v) is 5.99. The molecule has 3 heterocycles. The van der Waals surface area contributed by atoms with Crippen LogP contribution in [0.4, 0.5) is 4.39 Å². The number of nitrogens with zero attached hydrogens (tertiary/aromatic N) is 3. The zero-order valence-electron chi connectivity index (χ0n) is 13.5. The lowest BCUT2D eigenvalue weighted by atomic mass is 10.1. The van der Waals surface area contributed by atoms with Crippen LogP contribution in [-0.2, 0) is 0 Å². The molecule has 0 aromatic carbocycles. The summed E-state index contributed by atoms with van der Waals surface area (Å²) in [6.07, 6.45) is 6.42. The Kier molecular flexibility index (Phi) is 5.10. The maximum Gasteiger partial charge on any atom is 0.254 e. The van der Waals surface area contributed by atoms with E-state index >= 15 is 0 Å². The maximum atomic E-state index is 12.9. The van der Waals surface area contributed by atoms with Gasteiger partial charge in [0, 0.05) is 30.6 Å². The first kappa shape index (κ1) is 16.4. The molecule has 0 saturated carbocycles. The molecule has 0 aliphatic carbocycles. The molecule has 126 valence electrons. The highest BCUT2D eigenvalue weighted by Crippen LogP contribution is 2.19. The normalized spacial score (nSPS) is 18.3. The van der Waals surface area contributed by atoms with Gasteiger partial charge in [-0.3, -0.25) is 9.78 Å². The molecule has 2 N–H and O–H groups in total. The van der Waals surface area contributed by atoms with Gasteiger partial charge in [-0.1, -0.05) is 6.92 Å². The smallest absolute Gasteiger partial charge is 0.254 e. The van der Waals surface area contributed by atoms with Crippen molar-refractivity contribution >= 4 is 5.91 Å². The van der Waals surface area contributed by atoms with Gasteiger partial charge < -0.3 is 10.6 Å². The van der Waals surface area contributed by atoms with Crippen molar-refractivity contribution in [3.8, 4) is 0 Å². The predicted octanol–water partition coefficient (Wildman–Crippen LogP) is 1.97. The third kappa shape index (κ3) is 3.91. The molecule has 0 bridgehead atoms. The van der Waals surface area contributed by atoms with Crippen LogP contribution in [0.2, 0.25) is 0 Å². The van der Waals surface area contributed by atoms with E-state index < -0.39 is 0 Å². The summed E-state index contributed by atoms with van der Waals surface area (Å²) in [6, 6.07) is 3.18. The van der Waals surface area contributed by atoms with Crippen LogP contribution in [0.3, 0.4) is 0 Å². The van der Waals surface area contributed by atoms with Gasteiger partial charge in [0.15, 0.2) is 0 Å². The first-order valence-electron chi connectivity index (χ1n) is 8.08. The van der Waals surface area contributed by atoms with Gasteiger partial charge in [-0.25, -0.2) is 14.4 Å². The molecule has 1 aliphatic rings. The quantitative estimate of drug-likeness (QED) is 0.877. The fourth-order valence-electron chi connectivity index (χ4n) is 2.67. The lowest BCUT2D eigenvalue weighted by molar-refractivity contribution is 0.0950. The Morgan fingerprint density at radius 3 is 2.75 bits per heavy atom. The summed E-state index contributed by atoms with van der Waals surface area (Å²) in [5.74, 6) is 0.115. The van der Waals surface area contributed by atoms with Crippen molar-refractivity contribution in [2.24, 2.45) is 0 Å². The Morgan fingerprint density at radius 2 is 2.12 bits per heavy atom. The molecule has 24 heavy (non-hydrogen) atoms. The Hall–Kier alpha value is -2.41. The molecule has 3 rings (SSSR count). The number of halogens is 1. The summed E-state index contributed by atoms with van der Waals surface area (Å²) in [5, 5.41) is 6.16. The summed E-state index contributed by atoms with van der Waals surface area (Å²) in [7, 11) is 0. The topological polar surface area (TPSA) is 79.8 Å². The van der Waals surface area contributed by atoms with Crippen molar-refractivity contribution in [1.29, 1.82) is 0 Å². The molecule has 2 aromatic rings. The number of hydrogen-bond acceptors (Lipinski definition) is 5. The number of nitrogens with one attached hydrogen (secondary N) is 2. The fraction of sp³-hybridized carbons (Fsp3) is 0.412. The zero-order chi connectivity index (χ0) is 16.9. The Morgan fingerprint density at radius 1 is 1.33 bits per heavy atom. The summed E-state index contributed by atoms with van der Waals surface area (Å²) < 4.78 is 12.9. The number of aromatic nitrogens is 3. The van der Waals surface area contributed by atoms with E-state index in [1.165, 1.54) is 12.3 Å². The van der Waals surface area contributed by atoms with Crippen LogP contribution >= 0.6 is 0 Å². The van der Waals surface area contributed by atoms with E-state index in [-0.39, 0.29) is 23.7 Å². The van der Waals surface area contributed by atoms with E-state index in [9.17, 15) is 9.18 Å². The van der Waals surface area contributed by atoms with Gasteiger partial charge >= 0.3 is 0 Å². The third-order valence-electron chi connectivity index (χ3n) is 4.13. The minimum absolute atomic E-state index is 0.0163. The highest BCUT2D eigenvalue weighted by atomic mass is 19.1. The SMILES string of the molecule is CC(CNC(=O)c1cnc(C2CCCN2)nc1)c1ccc(F)cn1. The molecule has 1 aliphatic heterocycles. The van der Waals surface area contributed by atoms with Crippen LogP contribution in [0.1, 0.15) is 53.6 Å². The minimum Gasteiger partial charge on any atom is -0.351 e. The van der Waals surface area contributed by atoms with E-state index in [0.29, 0.717) is 12.1 Å². The molecule has 1 saturated heterocycles. The van der Waals surface area contributed by atoms with Crippen molar-refractivity contribution in [1.82, 2.24) is 25.6 Å². The molecular weight excluding hydrogens is 309 g/mol. The van der Waals surface area contributed by atoms with Crippen LogP contribution < -0.4 is 10.6 Å². The number of carbonyl (C=O) groups is 1. The van der Waals surface area contributed by atoms with Crippen molar-refractivity contribution in [3.05, 3.63) is 53.6 Å². The van der Waals surface area contributed by atoms with Crippen LogP contribution in [0, 0.1) is 5.82 Å². The van der Waals surface area contributed by atoms with Crippen LogP contribution in [-0.4, -0.2) is 33.9 Å². The highest BCUT2D eigenvalue weighted by Gasteiger charge is 2.19. The predicted molar refractivity (Wildman–Crippen MR) is 87.0 cm³/mol. The molecule has 2 atom stereocenters. The molecule has 1 amide bonds. The number of rotatable bonds is 5. The number of pyridine rings is 1. The van der Waals surface area contributed by atoms with E-state index in [1.54, 1.807) is 18.5 Å². The van der Waals surface area contributed by atoms with E-state index in [1.807, 2.05) is 6.92 Å². The van der Waals surface area contributed by atoms with Gasteiger partial charge in [-0.05, 0) is 31.5 Å². The average Bonchev–Trinajstić information content (AvgIpc) is 3.15. The molecule has 0 radical (unpaired) electrons. The molecule has 0 spiro atoms. The number of hydrogen-bond donors (Lipinski definition) is 2. The number of carbonyl (C=O) groups excluding carboxylic acids is 1. The molecule has 1 fully saturated rings. The molecule has 6 nitrogen and oxygen atoms in total. The zero-order valence-corrected chi connectivity index (χ0v) is 13.5. The maximum absolute atomic E-state index is 12.9. The number of amides is 1. The van der Waals surface area contributed by atoms with Gasteiger partial charge in [-0.15, -0.1) is 0 Å². The molecule has 2 aromatic heterocycles. The summed E-state index contributed by atoms with van der Waals surface area (Å²) in [5.41, 5.74) is 1.16. The van der Waals surface area contributed by atoms with Crippen LogP contribution in [0.25, 0.3) is 0 Å². The largest absolute Gasteiger partial charge is 0.351 e.